The molecule has 0 spiro atoms. The lowest BCUT2D eigenvalue weighted by atomic mass is 10.2. The number of benzene rings is 3. The number of H-pyrrole nitrogens is 1. The lowest BCUT2D eigenvalue weighted by Gasteiger charge is -2.10. The van der Waals surface area contributed by atoms with Gasteiger partial charge in [0.1, 0.15) is 28.8 Å². The molecular formula is C26H22N4O7S. The van der Waals surface area contributed by atoms with E-state index in [0.717, 1.165) is 17.3 Å². The van der Waals surface area contributed by atoms with Crippen LogP contribution in [0.15, 0.2) is 76.8 Å². The molecule has 0 saturated carbocycles. The lowest BCUT2D eigenvalue weighted by Crippen LogP contribution is -2.00. The van der Waals surface area contributed by atoms with Gasteiger partial charge in [0.25, 0.3) is 5.69 Å². The van der Waals surface area contributed by atoms with Crippen LogP contribution in [-0.4, -0.2) is 45.4 Å². The Morgan fingerprint density at radius 3 is 2.39 bits per heavy atom. The molecule has 1 heterocycles. The summed E-state index contributed by atoms with van der Waals surface area (Å²) in [6.45, 7) is 0.146. The quantitative estimate of drug-likeness (QED) is 0.114. The van der Waals surface area contributed by atoms with Gasteiger partial charge < -0.3 is 19.3 Å². The minimum Gasteiger partial charge on any atom is -0.497 e. The third kappa shape index (κ3) is 6.48. The monoisotopic (exact) mass is 534 g/mol. The first-order valence-corrected chi connectivity index (χ1v) is 11.9. The van der Waals surface area contributed by atoms with Crippen LogP contribution in [0.4, 0.5) is 5.69 Å². The van der Waals surface area contributed by atoms with Crippen LogP contribution < -0.4 is 14.2 Å². The van der Waals surface area contributed by atoms with Crippen molar-refractivity contribution >= 4 is 29.5 Å². The van der Waals surface area contributed by atoms with Crippen LogP contribution >= 0.6 is 11.8 Å². The maximum absolute atomic E-state index is 12.0. The molecule has 12 heteroatoms. The maximum atomic E-state index is 12.0. The largest absolute Gasteiger partial charge is 0.497 e. The lowest BCUT2D eigenvalue weighted by molar-refractivity contribution is -0.384. The zero-order valence-electron chi connectivity index (χ0n) is 20.3. The van der Waals surface area contributed by atoms with Gasteiger partial charge in [-0.3, -0.25) is 15.2 Å². The van der Waals surface area contributed by atoms with Gasteiger partial charge in [-0.25, -0.2) is 9.78 Å². The number of aromatic nitrogens is 3. The highest BCUT2D eigenvalue weighted by Gasteiger charge is 2.16. The summed E-state index contributed by atoms with van der Waals surface area (Å²) < 4.78 is 16.5. The van der Waals surface area contributed by atoms with Gasteiger partial charge in [0.05, 0.1) is 19.1 Å². The predicted octanol–water partition coefficient (Wildman–Crippen LogP) is 5.19. The van der Waals surface area contributed by atoms with E-state index in [1.54, 1.807) is 54.6 Å². The molecule has 0 bridgehead atoms. The Morgan fingerprint density at radius 1 is 1.08 bits per heavy atom. The average molecular weight is 535 g/mol. The minimum absolute atomic E-state index is 0.0131. The van der Waals surface area contributed by atoms with Gasteiger partial charge in [-0.05, 0) is 53.7 Å². The number of hydrogen-bond acceptors (Lipinski definition) is 9. The van der Waals surface area contributed by atoms with Gasteiger partial charge >= 0.3 is 5.97 Å². The second kappa shape index (κ2) is 11.9. The standard InChI is InChI=1S/C26H22N4O7S/c1-35-20-11-18(12-21(14-20)36-2)24-27-26(29-28-24)38-23(25(31)32)13-17-5-3-4-6-22(17)37-15-16-7-9-19(10-8-16)30(33)34/h3-14H,15H2,1-2H3,(H,31,32)(H,27,28,29)/b23-13-. The van der Waals surface area contributed by atoms with Crippen molar-refractivity contribution in [2.75, 3.05) is 14.2 Å². The van der Waals surface area contributed by atoms with E-state index in [-0.39, 0.29) is 22.4 Å². The van der Waals surface area contributed by atoms with E-state index >= 15 is 0 Å². The maximum Gasteiger partial charge on any atom is 0.342 e. The number of non-ortho nitro benzene ring substituents is 1. The summed E-state index contributed by atoms with van der Waals surface area (Å²) in [6.07, 6.45) is 1.47. The van der Waals surface area contributed by atoms with Gasteiger partial charge in [0.2, 0.25) is 5.16 Å². The molecule has 0 aliphatic heterocycles. The van der Waals surface area contributed by atoms with E-state index in [4.69, 9.17) is 14.2 Å². The number of carboxylic acids is 1. The van der Waals surface area contributed by atoms with E-state index in [9.17, 15) is 20.0 Å². The van der Waals surface area contributed by atoms with Crippen molar-refractivity contribution in [1.29, 1.82) is 0 Å². The third-order valence-electron chi connectivity index (χ3n) is 5.25. The Labute approximate surface area is 221 Å². The Balaban J connectivity index is 1.53. The first kappa shape index (κ1) is 26.2. The smallest absolute Gasteiger partial charge is 0.342 e. The number of rotatable bonds is 11. The van der Waals surface area contributed by atoms with E-state index in [0.29, 0.717) is 34.2 Å². The molecule has 0 atom stereocenters. The molecule has 11 nitrogen and oxygen atoms in total. The van der Waals surface area contributed by atoms with Crippen LogP contribution in [0.3, 0.4) is 0 Å². The fourth-order valence-corrected chi connectivity index (χ4v) is 4.04. The number of nitrogens with one attached hydrogen (secondary N) is 1. The van der Waals surface area contributed by atoms with Crippen molar-refractivity contribution in [1.82, 2.24) is 15.2 Å². The molecule has 38 heavy (non-hydrogen) atoms. The topological polar surface area (TPSA) is 150 Å². The van der Waals surface area contributed by atoms with Gasteiger partial charge in [0, 0.05) is 29.3 Å². The van der Waals surface area contributed by atoms with E-state index < -0.39 is 10.9 Å². The van der Waals surface area contributed by atoms with Crippen molar-refractivity contribution in [2.24, 2.45) is 0 Å². The van der Waals surface area contributed by atoms with E-state index in [1.807, 2.05) is 0 Å². The highest BCUT2D eigenvalue weighted by molar-refractivity contribution is 8.04. The number of nitro groups is 1. The SMILES string of the molecule is COc1cc(OC)cc(-c2nc(S/C(=C\c3ccccc3OCc3ccc([N+](=O)[O-])cc3)C(=O)O)n[nH]2)c1. The molecule has 0 aliphatic carbocycles. The molecule has 0 saturated heterocycles. The number of para-hydroxylation sites is 1. The van der Waals surface area contributed by atoms with Gasteiger partial charge in [-0.15, -0.1) is 5.10 Å². The van der Waals surface area contributed by atoms with Crippen molar-refractivity contribution < 1.29 is 29.0 Å². The number of thioether (sulfide) groups is 1. The molecule has 4 rings (SSSR count). The summed E-state index contributed by atoms with van der Waals surface area (Å²) in [6, 6.07) is 18.2. The van der Waals surface area contributed by atoms with Crippen molar-refractivity contribution in [3.63, 3.8) is 0 Å². The van der Waals surface area contributed by atoms with Gasteiger partial charge in [0.15, 0.2) is 5.82 Å². The fourth-order valence-electron chi connectivity index (χ4n) is 3.35. The summed E-state index contributed by atoms with van der Waals surface area (Å²) in [5.74, 6) is 0.850. The first-order valence-electron chi connectivity index (χ1n) is 11.1. The van der Waals surface area contributed by atoms with Crippen LogP contribution in [0.25, 0.3) is 17.5 Å². The molecule has 2 N–H and O–H groups in total. The van der Waals surface area contributed by atoms with Crippen LogP contribution in [0, 0.1) is 10.1 Å². The highest BCUT2D eigenvalue weighted by Crippen LogP contribution is 2.32. The minimum atomic E-state index is -1.16. The Bertz CT molecular complexity index is 1460. The second-order valence-corrected chi connectivity index (χ2v) is 8.74. The molecule has 3 aromatic carbocycles. The molecule has 194 valence electrons. The number of carboxylic acid groups (broad SMARTS) is 1. The molecule has 0 aliphatic rings. The van der Waals surface area contributed by atoms with Crippen LogP contribution in [0.1, 0.15) is 11.1 Å². The molecule has 0 amide bonds. The number of nitro benzene ring substituents is 1. The summed E-state index contributed by atoms with van der Waals surface area (Å²) in [4.78, 5) is 26.8. The molecule has 1 aromatic heterocycles. The number of aromatic amines is 1. The van der Waals surface area contributed by atoms with Crippen molar-refractivity contribution in [3.8, 4) is 28.6 Å². The zero-order valence-corrected chi connectivity index (χ0v) is 21.1. The summed E-state index contributed by atoms with van der Waals surface area (Å²) in [5, 5.41) is 27.9. The Kier molecular flexibility index (Phi) is 8.23. The van der Waals surface area contributed by atoms with Crippen LogP contribution in [-0.2, 0) is 11.4 Å². The number of hydrogen-bond donors (Lipinski definition) is 2. The normalized spacial score (nSPS) is 11.2. The van der Waals surface area contributed by atoms with E-state index in [1.165, 1.54) is 32.4 Å². The number of methoxy groups -OCH3 is 2. The number of ether oxygens (including phenoxy) is 3. The number of nitrogens with zero attached hydrogens (tertiary/aromatic N) is 3. The molecule has 0 radical (unpaired) electrons. The van der Waals surface area contributed by atoms with E-state index in [2.05, 4.69) is 15.2 Å². The first-order chi connectivity index (χ1) is 18.4. The zero-order chi connectivity index (χ0) is 27.1. The molecule has 4 aromatic rings. The van der Waals surface area contributed by atoms with Gasteiger partial charge in [-0.1, -0.05) is 18.2 Å². The highest BCUT2D eigenvalue weighted by atomic mass is 32.2. The second-order valence-electron chi connectivity index (χ2n) is 7.73. The van der Waals surface area contributed by atoms with Gasteiger partial charge in [-0.2, -0.15) is 0 Å². The van der Waals surface area contributed by atoms with Crippen molar-refractivity contribution in [2.45, 2.75) is 11.8 Å². The molecular weight excluding hydrogens is 512 g/mol. The third-order valence-corrected chi connectivity index (χ3v) is 6.13. The fraction of sp³-hybridized carbons (Fsp3) is 0.115. The van der Waals surface area contributed by atoms with Crippen LogP contribution in [0.2, 0.25) is 0 Å². The number of carbonyl (C=O) groups is 1. The summed E-state index contributed by atoms with van der Waals surface area (Å²) in [7, 11) is 3.08. The molecule has 0 fully saturated rings. The Morgan fingerprint density at radius 2 is 1.76 bits per heavy atom. The summed E-state index contributed by atoms with van der Waals surface area (Å²) >= 11 is 0.881. The van der Waals surface area contributed by atoms with Crippen molar-refractivity contribution in [3.05, 3.63) is 92.9 Å². The summed E-state index contributed by atoms with van der Waals surface area (Å²) in [5.41, 5.74) is 1.91. The Hall–Kier alpha value is -4.84. The van der Waals surface area contributed by atoms with Crippen LogP contribution in [0.5, 0.6) is 17.2 Å². The molecule has 0 unspecified atom stereocenters. The predicted molar refractivity (Wildman–Crippen MR) is 140 cm³/mol. The number of aliphatic carboxylic acids is 1. The average Bonchev–Trinajstić information content (AvgIpc) is 3.40.